The number of fused-ring (bicyclic) bond motifs is 2. The highest BCUT2D eigenvalue weighted by Gasteiger charge is 2.42. The maximum absolute atomic E-state index is 12.2. The van der Waals surface area contributed by atoms with Crippen LogP contribution >= 0.6 is 11.3 Å². The van der Waals surface area contributed by atoms with E-state index in [1.165, 1.54) is 12.8 Å². The second-order valence-corrected chi connectivity index (χ2v) is 8.14. The minimum atomic E-state index is -0.839. The van der Waals surface area contributed by atoms with Gasteiger partial charge in [0.25, 0.3) is 0 Å². The number of rotatable bonds is 3. The number of benzene rings is 1. The summed E-state index contributed by atoms with van der Waals surface area (Å²) < 4.78 is 0. The van der Waals surface area contributed by atoms with E-state index in [2.05, 4.69) is 36.4 Å². The molecule has 2 aliphatic rings. The van der Waals surface area contributed by atoms with E-state index in [0.717, 1.165) is 35.2 Å². The lowest BCUT2D eigenvalue weighted by atomic mass is 9.94. The monoisotopic (exact) mass is 356 g/mol. The highest BCUT2D eigenvalue weighted by Crippen LogP contribution is 2.40. The van der Waals surface area contributed by atoms with E-state index < -0.39 is 6.09 Å². The van der Waals surface area contributed by atoms with Gasteiger partial charge in [-0.25, -0.2) is 4.79 Å². The average molecular weight is 356 g/mol. The lowest BCUT2D eigenvalue weighted by Crippen LogP contribution is -2.50. The lowest BCUT2D eigenvalue weighted by molar-refractivity contribution is 0.151. The van der Waals surface area contributed by atoms with Crippen LogP contribution < -0.4 is 4.90 Å². The fraction of sp³-hybridized carbons (Fsp3) is 0.450. The molecule has 2 saturated heterocycles. The quantitative estimate of drug-likeness (QED) is 0.856. The Kier molecular flexibility index (Phi) is 4.29. The van der Waals surface area contributed by atoms with E-state index in [9.17, 15) is 9.90 Å². The number of aryl methyl sites for hydroxylation is 1. The molecule has 2 aromatic rings. The zero-order valence-corrected chi connectivity index (χ0v) is 15.5. The van der Waals surface area contributed by atoms with Crippen molar-refractivity contribution in [2.24, 2.45) is 0 Å². The molecular formula is C20H24N2O2S. The molecule has 1 aromatic carbocycles. The van der Waals surface area contributed by atoms with E-state index in [4.69, 9.17) is 0 Å². The fourth-order valence-corrected chi connectivity index (χ4v) is 5.21. The summed E-state index contributed by atoms with van der Waals surface area (Å²) in [4.78, 5) is 16.3. The molecule has 25 heavy (non-hydrogen) atoms. The zero-order valence-electron chi connectivity index (χ0n) is 14.7. The van der Waals surface area contributed by atoms with Crippen LogP contribution in [0.15, 0.2) is 35.0 Å². The van der Waals surface area contributed by atoms with Crippen LogP contribution in [-0.4, -0.2) is 41.3 Å². The average Bonchev–Trinajstić information content (AvgIpc) is 3.16. The molecule has 4 rings (SSSR count). The van der Waals surface area contributed by atoms with Crippen molar-refractivity contribution < 1.29 is 9.90 Å². The highest BCUT2D eigenvalue weighted by atomic mass is 32.1. The van der Waals surface area contributed by atoms with E-state index in [-0.39, 0.29) is 6.04 Å². The van der Waals surface area contributed by atoms with Crippen molar-refractivity contribution in [3.8, 4) is 11.1 Å². The van der Waals surface area contributed by atoms with Gasteiger partial charge in [0.05, 0.1) is 5.69 Å². The first-order valence-electron chi connectivity index (χ1n) is 8.92. The molecule has 4 nitrogen and oxygen atoms in total. The van der Waals surface area contributed by atoms with Crippen molar-refractivity contribution in [3.63, 3.8) is 0 Å². The molecular weight excluding hydrogens is 332 g/mol. The summed E-state index contributed by atoms with van der Waals surface area (Å²) in [6, 6.07) is 9.27. The van der Waals surface area contributed by atoms with Gasteiger partial charge in [0.15, 0.2) is 0 Å². The highest BCUT2D eigenvalue weighted by molar-refractivity contribution is 7.08. The standard InChI is InChI=1S/C20H24N2O2S/c1-13-3-6-19(18(9-13)14-7-8-25-12-14)22(20(23)24)17-10-15-4-5-16(11-17)21(15)2/h3,6-9,12,15-17H,4-5,10-11H2,1-2H3,(H,23,24). The second-order valence-electron chi connectivity index (χ2n) is 7.36. The Balaban J connectivity index is 1.74. The molecule has 1 amide bonds. The smallest absolute Gasteiger partial charge is 0.412 e. The minimum Gasteiger partial charge on any atom is -0.465 e. The number of amides is 1. The van der Waals surface area contributed by atoms with Crippen LogP contribution in [0, 0.1) is 6.92 Å². The van der Waals surface area contributed by atoms with Crippen LogP contribution in [0.2, 0.25) is 0 Å². The van der Waals surface area contributed by atoms with Gasteiger partial charge in [0.2, 0.25) is 0 Å². The first-order chi connectivity index (χ1) is 12.0. The van der Waals surface area contributed by atoms with Crippen LogP contribution in [0.3, 0.4) is 0 Å². The largest absolute Gasteiger partial charge is 0.465 e. The first kappa shape index (κ1) is 16.6. The van der Waals surface area contributed by atoms with Crippen LogP contribution in [0.4, 0.5) is 10.5 Å². The third-order valence-electron chi connectivity index (χ3n) is 5.89. The van der Waals surface area contributed by atoms with Gasteiger partial charge in [0, 0.05) is 23.7 Å². The summed E-state index contributed by atoms with van der Waals surface area (Å²) >= 11 is 1.64. The molecule has 5 heteroatoms. The summed E-state index contributed by atoms with van der Waals surface area (Å²) in [5.74, 6) is 0. The van der Waals surface area contributed by atoms with E-state index >= 15 is 0 Å². The Labute approximate surface area is 152 Å². The summed E-state index contributed by atoms with van der Waals surface area (Å²) in [6.07, 6.45) is 3.40. The SMILES string of the molecule is Cc1ccc(N(C(=O)O)C2CC3CCC(C2)N3C)c(-c2ccsc2)c1. The number of thiophene rings is 1. The summed E-state index contributed by atoms with van der Waals surface area (Å²) in [6.45, 7) is 2.06. The Morgan fingerprint density at radius 2 is 1.96 bits per heavy atom. The van der Waals surface area contributed by atoms with Crippen LogP contribution in [0.1, 0.15) is 31.2 Å². The van der Waals surface area contributed by atoms with Crippen molar-refractivity contribution in [1.29, 1.82) is 0 Å². The van der Waals surface area contributed by atoms with Crippen LogP contribution in [0.25, 0.3) is 11.1 Å². The molecule has 2 aliphatic heterocycles. The van der Waals surface area contributed by atoms with Gasteiger partial charge in [-0.1, -0.05) is 11.6 Å². The second kappa shape index (κ2) is 6.46. The van der Waals surface area contributed by atoms with Gasteiger partial charge < -0.3 is 10.0 Å². The Hall–Kier alpha value is -1.85. The molecule has 132 valence electrons. The van der Waals surface area contributed by atoms with E-state index in [1.54, 1.807) is 16.2 Å². The van der Waals surface area contributed by atoms with Gasteiger partial charge in [-0.15, -0.1) is 0 Å². The first-order valence-corrected chi connectivity index (χ1v) is 9.86. The summed E-state index contributed by atoms with van der Waals surface area (Å²) in [5, 5.41) is 14.2. The van der Waals surface area contributed by atoms with Crippen LogP contribution in [0.5, 0.6) is 0 Å². The van der Waals surface area contributed by atoms with Gasteiger partial charge >= 0.3 is 6.09 Å². The Morgan fingerprint density at radius 3 is 2.56 bits per heavy atom. The predicted molar refractivity (Wildman–Crippen MR) is 103 cm³/mol. The number of carboxylic acid groups (broad SMARTS) is 1. The third kappa shape index (κ3) is 2.96. The van der Waals surface area contributed by atoms with Crippen molar-refractivity contribution in [2.75, 3.05) is 11.9 Å². The van der Waals surface area contributed by atoms with Crippen LogP contribution in [-0.2, 0) is 0 Å². The van der Waals surface area contributed by atoms with Crippen molar-refractivity contribution in [2.45, 2.75) is 50.7 Å². The molecule has 1 N–H and O–H groups in total. The van der Waals surface area contributed by atoms with Gasteiger partial charge in [-0.3, -0.25) is 4.90 Å². The number of carbonyl (C=O) groups is 1. The number of nitrogens with zero attached hydrogens (tertiary/aromatic N) is 2. The molecule has 2 fully saturated rings. The van der Waals surface area contributed by atoms with Crippen molar-refractivity contribution >= 4 is 23.1 Å². The molecule has 2 unspecified atom stereocenters. The van der Waals surface area contributed by atoms with Gasteiger partial charge in [-0.05, 0) is 74.2 Å². The van der Waals surface area contributed by atoms with E-state index in [0.29, 0.717) is 12.1 Å². The molecule has 2 atom stereocenters. The van der Waals surface area contributed by atoms with Gasteiger partial charge in [0.1, 0.15) is 0 Å². The number of hydrogen-bond acceptors (Lipinski definition) is 3. The molecule has 0 radical (unpaired) electrons. The van der Waals surface area contributed by atoms with Gasteiger partial charge in [-0.2, -0.15) is 11.3 Å². The van der Waals surface area contributed by atoms with E-state index in [1.807, 2.05) is 17.5 Å². The summed E-state index contributed by atoms with van der Waals surface area (Å²) in [5.41, 5.74) is 4.10. The predicted octanol–water partition coefficient (Wildman–Crippen LogP) is 4.83. The maximum Gasteiger partial charge on any atom is 0.412 e. The normalized spacial score (nSPS) is 25.9. The molecule has 1 aromatic heterocycles. The fourth-order valence-electron chi connectivity index (χ4n) is 4.56. The topological polar surface area (TPSA) is 43.8 Å². The molecule has 0 saturated carbocycles. The number of anilines is 1. The third-order valence-corrected chi connectivity index (χ3v) is 6.57. The van der Waals surface area contributed by atoms with Crippen molar-refractivity contribution in [1.82, 2.24) is 4.90 Å². The summed E-state index contributed by atoms with van der Waals surface area (Å²) in [7, 11) is 2.19. The molecule has 2 bridgehead atoms. The minimum absolute atomic E-state index is 0.0614. The Bertz CT molecular complexity index is 760. The zero-order chi connectivity index (χ0) is 17.6. The molecule has 0 spiro atoms. The number of hydrogen-bond donors (Lipinski definition) is 1. The lowest BCUT2D eigenvalue weighted by Gasteiger charge is -2.41. The number of piperidine rings is 1. The molecule has 0 aliphatic carbocycles. The molecule has 3 heterocycles. The van der Waals surface area contributed by atoms with Crippen molar-refractivity contribution in [3.05, 3.63) is 40.6 Å². The maximum atomic E-state index is 12.2. The Morgan fingerprint density at radius 1 is 1.24 bits per heavy atom.